The first-order chi connectivity index (χ1) is 9.36. The van der Waals surface area contributed by atoms with Crippen LogP contribution < -0.4 is 5.32 Å². The second-order valence-electron chi connectivity index (χ2n) is 5.93. The molecule has 0 aliphatic carbocycles. The standard InChI is InChI=1S/C17H19BrClN/c1-17(2,3)13-5-7-14(8-6-13)20-11-12-4-9-15(18)16(19)10-12/h4-10,20H,11H2,1-3H3. The van der Waals surface area contributed by atoms with Crippen molar-refractivity contribution in [1.82, 2.24) is 0 Å². The molecule has 20 heavy (non-hydrogen) atoms. The fraction of sp³-hybridized carbons (Fsp3) is 0.294. The van der Waals surface area contributed by atoms with Crippen molar-refractivity contribution in [2.75, 3.05) is 5.32 Å². The first kappa shape index (κ1) is 15.4. The van der Waals surface area contributed by atoms with Crippen molar-refractivity contribution in [2.45, 2.75) is 32.7 Å². The topological polar surface area (TPSA) is 12.0 Å². The van der Waals surface area contributed by atoms with Crippen LogP contribution in [0.25, 0.3) is 0 Å². The van der Waals surface area contributed by atoms with Crippen molar-refractivity contribution < 1.29 is 0 Å². The minimum atomic E-state index is 0.192. The molecule has 1 N–H and O–H groups in total. The maximum absolute atomic E-state index is 6.09. The molecule has 0 fully saturated rings. The van der Waals surface area contributed by atoms with Gasteiger partial charge in [-0.25, -0.2) is 0 Å². The zero-order chi connectivity index (χ0) is 14.8. The van der Waals surface area contributed by atoms with E-state index in [9.17, 15) is 0 Å². The third kappa shape index (κ3) is 4.00. The van der Waals surface area contributed by atoms with Crippen molar-refractivity contribution >= 4 is 33.2 Å². The Morgan fingerprint density at radius 2 is 1.70 bits per heavy atom. The second-order valence-corrected chi connectivity index (χ2v) is 7.19. The van der Waals surface area contributed by atoms with Gasteiger partial charge in [0.2, 0.25) is 0 Å². The Kier molecular flexibility index (Phi) is 4.77. The molecule has 1 nitrogen and oxygen atoms in total. The molecule has 0 bridgehead atoms. The number of benzene rings is 2. The van der Waals surface area contributed by atoms with E-state index in [0.717, 1.165) is 27.3 Å². The predicted molar refractivity (Wildman–Crippen MR) is 91.6 cm³/mol. The Morgan fingerprint density at radius 1 is 1.05 bits per heavy atom. The van der Waals surface area contributed by atoms with E-state index >= 15 is 0 Å². The van der Waals surface area contributed by atoms with Crippen LogP contribution in [0.2, 0.25) is 5.02 Å². The summed E-state index contributed by atoms with van der Waals surface area (Å²) in [5.74, 6) is 0. The first-order valence-corrected chi connectivity index (χ1v) is 7.82. The maximum Gasteiger partial charge on any atom is 0.0551 e. The van der Waals surface area contributed by atoms with Crippen molar-refractivity contribution in [3.05, 3.63) is 63.1 Å². The second kappa shape index (κ2) is 6.19. The Bertz CT molecular complexity index is 585. The zero-order valence-corrected chi connectivity index (χ0v) is 14.3. The molecule has 0 spiro atoms. The highest BCUT2D eigenvalue weighted by molar-refractivity contribution is 9.10. The first-order valence-electron chi connectivity index (χ1n) is 6.64. The van der Waals surface area contributed by atoms with Gasteiger partial charge in [0, 0.05) is 16.7 Å². The van der Waals surface area contributed by atoms with Crippen LogP contribution in [0.4, 0.5) is 5.69 Å². The maximum atomic E-state index is 6.09. The third-order valence-electron chi connectivity index (χ3n) is 3.23. The quantitative estimate of drug-likeness (QED) is 0.713. The van der Waals surface area contributed by atoms with Crippen LogP contribution in [0, 0.1) is 0 Å². The van der Waals surface area contributed by atoms with Crippen LogP contribution in [0.5, 0.6) is 0 Å². The normalized spacial score (nSPS) is 11.4. The monoisotopic (exact) mass is 351 g/mol. The predicted octanol–water partition coefficient (Wildman–Crippen LogP) is 6.01. The number of halogens is 2. The smallest absolute Gasteiger partial charge is 0.0551 e. The highest BCUT2D eigenvalue weighted by atomic mass is 79.9. The SMILES string of the molecule is CC(C)(C)c1ccc(NCc2ccc(Br)c(Cl)c2)cc1. The average molecular weight is 353 g/mol. The Morgan fingerprint density at radius 3 is 2.25 bits per heavy atom. The lowest BCUT2D eigenvalue weighted by molar-refractivity contribution is 0.590. The molecule has 0 heterocycles. The van der Waals surface area contributed by atoms with E-state index in [1.165, 1.54) is 5.56 Å². The van der Waals surface area contributed by atoms with Gasteiger partial charge in [-0.3, -0.25) is 0 Å². The van der Waals surface area contributed by atoms with E-state index < -0.39 is 0 Å². The molecule has 2 rings (SSSR count). The average Bonchev–Trinajstić information content (AvgIpc) is 2.40. The Balaban J connectivity index is 2.02. The number of hydrogen-bond acceptors (Lipinski definition) is 1. The summed E-state index contributed by atoms with van der Waals surface area (Å²) in [6, 6.07) is 14.6. The van der Waals surface area contributed by atoms with E-state index in [0.29, 0.717) is 0 Å². The molecule has 2 aromatic rings. The van der Waals surface area contributed by atoms with Gasteiger partial charge >= 0.3 is 0 Å². The summed E-state index contributed by atoms with van der Waals surface area (Å²) in [6.45, 7) is 7.43. The highest BCUT2D eigenvalue weighted by Crippen LogP contribution is 2.25. The lowest BCUT2D eigenvalue weighted by Gasteiger charge is -2.19. The van der Waals surface area contributed by atoms with Crippen molar-refractivity contribution in [3.63, 3.8) is 0 Å². The lowest BCUT2D eigenvalue weighted by atomic mass is 9.87. The molecule has 0 saturated carbocycles. The van der Waals surface area contributed by atoms with E-state index in [2.05, 4.69) is 72.3 Å². The number of nitrogens with one attached hydrogen (secondary N) is 1. The summed E-state index contributed by atoms with van der Waals surface area (Å²) in [5.41, 5.74) is 3.82. The highest BCUT2D eigenvalue weighted by Gasteiger charge is 2.12. The van der Waals surface area contributed by atoms with E-state index in [4.69, 9.17) is 11.6 Å². The van der Waals surface area contributed by atoms with Crippen LogP contribution in [0.15, 0.2) is 46.9 Å². The third-order valence-corrected chi connectivity index (χ3v) is 4.46. The number of hydrogen-bond donors (Lipinski definition) is 1. The van der Waals surface area contributed by atoms with Gasteiger partial charge < -0.3 is 5.32 Å². The largest absolute Gasteiger partial charge is 0.381 e. The number of rotatable bonds is 3. The molecule has 0 unspecified atom stereocenters. The van der Waals surface area contributed by atoms with Gasteiger partial charge in [-0.2, -0.15) is 0 Å². The van der Waals surface area contributed by atoms with Gasteiger partial charge in [0.05, 0.1) is 5.02 Å². The lowest BCUT2D eigenvalue weighted by Crippen LogP contribution is -2.10. The minimum Gasteiger partial charge on any atom is -0.381 e. The Hall–Kier alpha value is -0.990. The molecule has 3 heteroatoms. The van der Waals surface area contributed by atoms with Gasteiger partial charge in [-0.15, -0.1) is 0 Å². The summed E-state index contributed by atoms with van der Waals surface area (Å²) in [5, 5.41) is 4.16. The molecule has 0 aliphatic rings. The molecule has 0 atom stereocenters. The fourth-order valence-electron chi connectivity index (χ4n) is 1.94. The Labute approximate surface area is 134 Å². The van der Waals surface area contributed by atoms with Gasteiger partial charge in [0.1, 0.15) is 0 Å². The number of anilines is 1. The molecule has 0 radical (unpaired) electrons. The summed E-state index contributed by atoms with van der Waals surface area (Å²) in [4.78, 5) is 0. The van der Waals surface area contributed by atoms with Crippen molar-refractivity contribution in [3.8, 4) is 0 Å². The fourth-order valence-corrected chi connectivity index (χ4v) is 2.39. The summed E-state index contributed by atoms with van der Waals surface area (Å²) < 4.78 is 0.928. The molecular formula is C17H19BrClN. The van der Waals surface area contributed by atoms with Gasteiger partial charge in [0.15, 0.2) is 0 Å². The van der Waals surface area contributed by atoms with Gasteiger partial charge in [-0.05, 0) is 56.7 Å². The summed E-state index contributed by atoms with van der Waals surface area (Å²) in [7, 11) is 0. The van der Waals surface area contributed by atoms with Crippen LogP contribution >= 0.6 is 27.5 Å². The van der Waals surface area contributed by atoms with Crippen LogP contribution in [0.1, 0.15) is 31.9 Å². The van der Waals surface area contributed by atoms with Crippen molar-refractivity contribution in [2.24, 2.45) is 0 Å². The molecule has 0 aromatic heterocycles. The van der Waals surface area contributed by atoms with Crippen LogP contribution in [-0.2, 0) is 12.0 Å². The molecule has 106 valence electrons. The van der Waals surface area contributed by atoms with Crippen LogP contribution in [-0.4, -0.2) is 0 Å². The van der Waals surface area contributed by atoms with Crippen LogP contribution in [0.3, 0.4) is 0 Å². The molecule has 0 amide bonds. The van der Waals surface area contributed by atoms with Crippen molar-refractivity contribution in [1.29, 1.82) is 0 Å². The van der Waals surface area contributed by atoms with E-state index in [1.807, 2.05) is 12.1 Å². The van der Waals surface area contributed by atoms with E-state index in [1.54, 1.807) is 0 Å². The molecule has 0 saturated heterocycles. The molecule has 0 aliphatic heterocycles. The van der Waals surface area contributed by atoms with E-state index in [-0.39, 0.29) is 5.41 Å². The zero-order valence-electron chi connectivity index (χ0n) is 12.0. The van der Waals surface area contributed by atoms with Gasteiger partial charge in [-0.1, -0.05) is 50.6 Å². The molecular weight excluding hydrogens is 334 g/mol. The minimum absolute atomic E-state index is 0.192. The molecule has 2 aromatic carbocycles. The summed E-state index contributed by atoms with van der Waals surface area (Å²) in [6.07, 6.45) is 0. The summed E-state index contributed by atoms with van der Waals surface area (Å²) >= 11 is 9.49. The van der Waals surface area contributed by atoms with Gasteiger partial charge in [0.25, 0.3) is 0 Å².